The lowest BCUT2D eigenvalue weighted by atomic mass is 9.85. The zero-order valence-corrected chi connectivity index (χ0v) is 13.0. The fourth-order valence-electron chi connectivity index (χ4n) is 3.15. The molecule has 0 amide bonds. The van der Waals surface area contributed by atoms with E-state index in [-0.39, 0.29) is 0 Å². The van der Waals surface area contributed by atoms with Gasteiger partial charge >= 0.3 is 0 Å². The Morgan fingerprint density at radius 3 is 2.61 bits per heavy atom. The highest BCUT2D eigenvalue weighted by Crippen LogP contribution is 2.39. The van der Waals surface area contributed by atoms with Crippen molar-refractivity contribution in [2.75, 3.05) is 12.4 Å². The molecule has 0 aromatic heterocycles. The van der Waals surface area contributed by atoms with E-state index in [9.17, 15) is 0 Å². The third-order valence-corrected chi connectivity index (χ3v) is 4.95. The minimum atomic E-state index is 0.670. The summed E-state index contributed by atoms with van der Waals surface area (Å²) in [5.74, 6) is 2.56. The van der Waals surface area contributed by atoms with Gasteiger partial charge in [0, 0.05) is 5.33 Å². The highest BCUT2D eigenvalue weighted by molar-refractivity contribution is 9.09. The van der Waals surface area contributed by atoms with E-state index in [4.69, 9.17) is 4.74 Å². The molecule has 1 nitrogen and oxygen atoms in total. The van der Waals surface area contributed by atoms with E-state index in [1.54, 1.807) is 7.11 Å². The number of hydrogen-bond acceptors (Lipinski definition) is 1. The molecule has 2 rings (SSSR count). The second-order valence-corrected chi connectivity index (χ2v) is 5.88. The zero-order valence-electron chi connectivity index (χ0n) is 11.4. The number of methoxy groups -OCH3 is 1. The minimum absolute atomic E-state index is 0.670. The maximum Gasteiger partial charge on any atom is 0.122 e. The van der Waals surface area contributed by atoms with Gasteiger partial charge in [0.25, 0.3) is 0 Å². The van der Waals surface area contributed by atoms with E-state index in [2.05, 4.69) is 41.1 Å². The van der Waals surface area contributed by atoms with Gasteiger partial charge in [-0.2, -0.15) is 0 Å². The van der Waals surface area contributed by atoms with Gasteiger partial charge in [0.1, 0.15) is 5.75 Å². The molecule has 18 heavy (non-hydrogen) atoms. The molecule has 0 heterocycles. The summed E-state index contributed by atoms with van der Waals surface area (Å²) in [6.45, 7) is 2.19. The maximum absolute atomic E-state index is 5.42. The summed E-state index contributed by atoms with van der Waals surface area (Å²) in [6, 6.07) is 6.74. The molecular formula is C16H23BrO. The number of aryl methyl sites for hydroxylation is 1. The number of rotatable bonds is 5. The number of halogens is 1. The second-order valence-electron chi connectivity index (χ2n) is 5.23. The Morgan fingerprint density at radius 1 is 1.33 bits per heavy atom. The Labute approximate surface area is 119 Å². The van der Waals surface area contributed by atoms with Crippen molar-refractivity contribution in [2.45, 2.75) is 44.9 Å². The van der Waals surface area contributed by atoms with Crippen LogP contribution in [0, 0.1) is 5.92 Å². The number of hydrogen-bond donors (Lipinski definition) is 0. The van der Waals surface area contributed by atoms with Crippen molar-refractivity contribution in [3.05, 3.63) is 29.3 Å². The van der Waals surface area contributed by atoms with Crippen molar-refractivity contribution in [3.63, 3.8) is 0 Å². The normalized spacial score (nSPS) is 17.9. The molecule has 1 aliphatic rings. The summed E-state index contributed by atoms with van der Waals surface area (Å²) in [7, 11) is 1.76. The predicted octanol–water partition coefficient (Wildman–Crippen LogP) is 4.93. The van der Waals surface area contributed by atoms with Gasteiger partial charge in [0.15, 0.2) is 0 Å². The van der Waals surface area contributed by atoms with Crippen molar-refractivity contribution < 1.29 is 4.74 Å². The zero-order chi connectivity index (χ0) is 13.0. The highest BCUT2D eigenvalue weighted by Gasteiger charge is 2.25. The summed E-state index contributed by atoms with van der Waals surface area (Å²) in [5, 5.41) is 1.08. The van der Waals surface area contributed by atoms with Crippen LogP contribution in [0.3, 0.4) is 0 Å². The van der Waals surface area contributed by atoms with E-state index >= 15 is 0 Å². The maximum atomic E-state index is 5.42. The van der Waals surface area contributed by atoms with Crippen molar-refractivity contribution in [2.24, 2.45) is 5.92 Å². The van der Waals surface area contributed by atoms with E-state index in [1.165, 1.54) is 36.8 Å². The lowest BCUT2D eigenvalue weighted by molar-refractivity contribution is 0.409. The molecule has 1 atom stereocenters. The number of alkyl halides is 1. The summed E-state index contributed by atoms with van der Waals surface area (Å²) in [6.07, 6.45) is 6.64. The van der Waals surface area contributed by atoms with Crippen LogP contribution in [0.25, 0.3) is 0 Å². The molecule has 0 radical (unpaired) electrons. The Kier molecular flexibility index (Phi) is 5.11. The summed E-state index contributed by atoms with van der Waals surface area (Å²) in [5.41, 5.74) is 2.82. The first kappa shape index (κ1) is 13.9. The van der Waals surface area contributed by atoms with Crippen LogP contribution in [0.2, 0.25) is 0 Å². The molecule has 1 saturated carbocycles. The van der Waals surface area contributed by atoms with E-state index in [0.717, 1.165) is 23.4 Å². The first-order chi connectivity index (χ1) is 8.80. The Hall–Kier alpha value is -0.500. The topological polar surface area (TPSA) is 9.23 Å². The monoisotopic (exact) mass is 310 g/mol. The minimum Gasteiger partial charge on any atom is -0.496 e. The Morgan fingerprint density at radius 2 is 2.06 bits per heavy atom. The predicted molar refractivity (Wildman–Crippen MR) is 80.9 cm³/mol. The van der Waals surface area contributed by atoms with E-state index in [0.29, 0.717) is 5.92 Å². The molecule has 1 aromatic rings. The van der Waals surface area contributed by atoms with Crippen LogP contribution in [0.5, 0.6) is 5.75 Å². The van der Waals surface area contributed by atoms with E-state index in [1.807, 2.05) is 0 Å². The third kappa shape index (κ3) is 2.90. The summed E-state index contributed by atoms with van der Waals surface area (Å²) >= 11 is 3.71. The molecule has 0 bridgehead atoms. The van der Waals surface area contributed by atoms with Crippen molar-refractivity contribution in [3.8, 4) is 5.75 Å². The first-order valence-electron chi connectivity index (χ1n) is 7.03. The van der Waals surface area contributed by atoms with Gasteiger partial charge in [-0.3, -0.25) is 0 Å². The largest absolute Gasteiger partial charge is 0.496 e. The van der Waals surface area contributed by atoms with Gasteiger partial charge in [-0.15, -0.1) is 0 Å². The fraction of sp³-hybridized carbons (Fsp3) is 0.625. The van der Waals surface area contributed by atoms with Crippen molar-refractivity contribution in [1.29, 1.82) is 0 Å². The SMILES string of the molecule is CCc1cc(C(CBr)C2CCCC2)ccc1OC. The van der Waals surface area contributed by atoms with Gasteiger partial charge in [-0.1, -0.05) is 47.8 Å². The van der Waals surface area contributed by atoms with E-state index < -0.39 is 0 Å². The molecule has 1 unspecified atom stereocenters. The van der Waals surface area contributed by atoms with Crippen LogP contribution in [-0.4, -0.2) is 12.4 Å². The lowest BCUT2D eigenvalue weighted by Crippen LogP contribution is -2.11. The Balaban J connectivity index is 2.24. The van der Waals surface area contributed by atoms with Gasteiger partial charge in [-0.25, -0.2) is 0 Å². The van der Waals surface area contributed by atoms with Gasteiger partial charge in [0.2, 0.25) is 0 Å². The van der Waals surface area contributed by atoms with Crippen LogP contribution < -0.4 is 4.74 Å². The lowest BCUT2D eigenvalue weighted by Gasteiger charge is -2.23. The molecule has 100 valence electrons. The molecule has 2 heteroatoms. The van der Waals surface area contributed by atoms with Gasteiger partial charge in [-0.05, 0) is 48.3 Å². The average Bonchev–Trinajstić information content (AvgIpc) is 2.93. The molecule has 1 fully saturated rings. The molecule has 0 N–H and O–H groups in total. The fourth-order valence-corrected chi connectivity index (χ4v) is 4.05. The molecule has 0 aliphatic heterocycles. The molecule has 1 aliphatic carbocycles. The molecule has 0 spiro atoms. The van der Waals surface area contributed by atoms with Crippen LogP contribution in [-0.2, 0) is 6.42 Å². The van der Waals surface area contributed by atoms with Crippen LogP contribution in [0.4, 0.5) is 0 Å². The number of benzene rings is 1. The van der Waals surface area contributed by atoms with Gasteiger partial charge in [0.05, 0.1) is 7.11 Å². The molecule has 0 saturated heterocycles. The standard InChI is InChI=1S/C16H23BrO/c1-3-12-10-14(8-9-16(12)18-2)15(11-17)13-6-4-5-7-13/h8-10,13,15H,3-7,11H2,1-2H3. The molecular weight excluding hydrogens is 288 g/mol. The average molecular weight is 311 g/mol. The Bertz CT molecular complexity index is 383. The summed E-state index contributed by atoms with van der Waals surface area (Å²) < 4.78 is 5.42. The van der Waals surface area contributed by atoms with Crippen molar-refractivity contribution >= 4 is 15.9 Å². The number of ether oxygens (including phenoxy) is 1. The third-order valence-electron chi connectivity index (χ3n) is 4.25. The van der Waals surface area contributed by atoms with Crippen LogP contribution in [0.1, 0.15) is 49.7 Å². The first-order valence-corrected chi connectivity index (χ1v) is 8.15. The quantitative estimate of drug-likeness (QED) is 0.701. The van der Waals surface area contributed by atoms with Crippen LogP contribution >= 0.6 is 15.9 Å². The smallest absolute Gasteiger partial charge is 0.122 e. The summed E-state index contributed by atoms with van der Waals surface area (Å²) in [4.78, 5) is 0. The van der Waals surface area contributed by atoms with Gasteiger partial charge < -0.3 is 4.74 Å². The molecule has 1 aromatic carbocycles. The highest BCUT2D eigenvalue weighted by atomic mass is 79.9. The second kappa shape index (κ2) is 6.60. The van der Waals surface area contributed by atoms with Crippen LogP contribution in [0.15, 0.2) is 18.2 Å². The van der Waals surface area contributed by atoms with Crippen molar-refractivity contribution in [1.82, 2.24) is 0 Å².